The van der Waals surface area contributed by atoms with Gasteiger partial charge in [0.15, 0.2) is 5.78 Å². The van der Waals surface area contributed by atoms with Gasteiger partial charge < -0.3 is 54.2 Å². The molecule has 73 heavy (non-hydrogen) atoms. The summed E-state index contributed by atoms with van der Waals surface area (Å²) in [7, 11) is 5.90. The first-order valence-electron chi connectivity index (χ1n) is 22.4. The Balaban J connectivity index is -0.000000427. The number of ketones is 1. The lowest BCUT2D eigenvalue weighted by Crippen LogP contribution is -2.59. The van der Waals surface area contributed by atoms with Crippen LogP contribution in [-0.4, -0.2) is 173 Å². The molecule has 406 valence electrons. The number of ether oxygens (including phenoxy) is 3. The molecule has 2 aliphatic rings. The van der Waals surface area contributed by atoms with Gasteiger partial charge in [-0.1, -0.05) is 30.3 Å². The van der Waals surface area contributed by atoms with Crippen molar-refractivity contribution in [3.05, 3.63) is 123 Å². The fraction of sp³-hybridized carbons (Fsp3) is 0.415. The van der Waals surface area contributed by atoms with Gasteiger partial charge in [0.05, 0.1) is 26.9 Å². The van der Waals surface area contributed by atoms with Crippen LogP contribution in [0.15, 0.2) is 101 Å². The number of phenols is 1. The maximum Gasteiger partial charge on any atom is 0.329 e. The lowest BCUT2D eigenvalue weighted by Gasteiger charge is -2.44. The molecule has 2 aromatic carbocycles. The van der Waals surface area contributed by atoms with Gasteiger partial charge in [-0.15, -0.1) is 52.6 Å². The van der Waals surface area contributed by atoms with E-state index in [1.165, 1.54) is 67.6 Å². The second-order valence-electron chi connectivity index (χ2n) is 15.0. The Morgan fingerprint density at radius 3 is 1.56 bits per heavy atom. The Hall–Kier alpha value is -7.71. The zero-order chi connectivity index (χ0) is 57.4. The summed E-state index contributed by atoms with van der Waals surface area (Å²) < 4.78 is 14.4. The van der Waals surface area contributed by atoms with E-state index < -0.39 is 35.5 Å². The summed E-state index contributed by atoms with van der Waals surface area (Å²) in [5, 5.41) is 35.3. The van der Waals surface area contributed by atoms with Crippen LogP contribution < -0.4 is 0 Å². The Kier molecular flexibility index (Phi) is 40.3. The number of hydrogen-bond donors (Lipinski definition) is 4. The van der Waals surface area contributed by atoms with E-state index in [1.807, 2.05) is 0 Å². The zero-order valence-corrected chi connectivity index (χ0v) is 43.9. The summed E-state index contributed by atoms with van der Waals surface area (Å²) >= 11 is 0. The molecule has 0 spiro atoms. The quantitative estimate of drug-likeness (QED) is 0.0868. The van der Waals surface area contributed by atoms with Crippen LogP contribution >= 0.6 is 0 Å². The van der Waals surface area contributed by atoms with Crippen LogP contribution in [0, 0.1) is 0 Å². The highest BCUT2D eigenvalue weighted by molar-refractivity contribution is 5.88. The number of benzene rings is 2. The molecule has 4 amide bonds. The van der Waals surface area contributed by atoms with E-state index in [0.717, 1.165) is 34.8 Å². The van der Waals surface area contributed by atoms with Gasteiger partial charge in [0, 0.05) is 87.5 Å². The number of carboxylic acids is 3. The summed E-state index contributed by atoms with van der Waals surface area (Å²) in [6.07, 6.45) is 5.24. The van der Waals surface area contributed by atoms with Gasteiger partial charge in [-0.05, 0) is 59.7 Å². The Labute approximate surface area is 430 Å². The van der Waals surface area contributed by atoms with E-state index in [-0.39, 0.29) is 54.7 Å². The van der Waals surface area contributed by atoms with E-state index in [9.17, 15) is 48.3 Å². The Morgan fingerprint density at radius 1 is 0.712 bits per heavy atom. The Bertz CT molecular complexity index is 2060. The van der Waals surface area contributed by atoms with Crippen LogP contribution in [0.2, 0.25) is 0 Å². The van der Waals surface area contributed by atoms with Gasteiger partial charge in [-0.25, -0.2) is 14.4 Å². The second kappa shape index (κ2) is 41.0. The number of phenolic OH excluding ortho intramolecular Hbond substituents is 1. The van der Waals surface area contributed by atoms with E-state index in [1.54, 1.807) is 56.6 Å². The number of nitrogens with zero attached hydrogens (tertiary/aromatic N) is 4. The number of aromatic hydroxyl groups is 1. The predicted molar refractivity (Wildman–Crippen MR) is 279 cm³/mol. The number of methoxy groups -OCH3 is 3. The number of likely N-dealkylation sites (N-methyl/N-ethyl adjacent to an activating group) is 1. The van der Waals surface area contributed by atoms with E-state index in [2.05, 4.69) is 52.6 Å². The van der Waals surface area contributed by atoms with E-state index >= 15 is 0 Å². The molecule has 1 aliphatic carbocycles. The number of carbonyl (C=O) groups is 9. The average Bonchev–Trinajstić information content (AvgIpc) is 3.35. The highest BCUT2D eigenvalue weighted by Gasteiger charge is 2.49. The summed E-state index contributed by atoms with van der Waals surface area (Å²) in [5.74, 6) is -4.00. The van der Waals surface area contributed by atoms with Crippen LogP contribution in [0.3, 0.4) is 0 Å². The van der Waals surface area contributed by atoms with Gasteiger partial charge in [0.25, 0.3) is 0 Å². The zero-order valence-electron chi connectivity index (χ0n) is 43.9. The van der Waals surface area contributed by atoms with Crippen molar-refractivity contribution in [3.8, 4) is 5.75 Å². The number of carboxylic acid groups (broad SMARTS) is 3. The molecule has 4 N–H and O–H groups in total. The highest BCUT2D eigenvalue weighted by Crippen LogP contribution is 2.37. The third-order valence-electron chi connectivity index (χ3n) is 10.4. The number of amides is 4. The first kappa shape index (κ1) is 71.8. The molecule has 1 fully saturated rings. The molecule has 1 saturated carbocycles. The number of hydrogen-bond acceptors (Lipinski definition) is 13. The SMILES string of the molecule is C=C.C=C.C=C.C=C.CC(=O)N(C)C1(C(=O)O)CCC1.COC(=O)[C@@H]1Cc2ccc(O)cc2CN1C(C)=O.COCCN(CC(=O)Cc1ccc(/C=C/C(=O)O)cc1)C(C)=O.COCCN(CC(=O)O)C(C)=O. The molecule has 0 aromatic heterocycles. The van der Waals surface area contributed by atoms with Crippen molar-refractivity contribution in [2.45, 2.75) is 77.9 Å². The van der Waals surface area contributed by atoms with Crippen molar-refractivity contribution in [1.29, 1.82) is 0 Å². The van der Waals surface area contributed by atoms with Gasteiger partial charge in [-0.2, -0.15) is 0 Å². The lowest BCUT2D eigenvalue weighted by molar-refractivity contribution is -0.163. The van der Waals surface area contributed by atoms with Crippen LogP contribution in [0.1, 0.15) is 69.2 Å². The molecule has 1 heterocycles. The summed E-state index contributed by atoms with van der Waals surface area (Å²) in [5.41, 5.74) is 2.49. The van der Waals surface area contributed by atoms with E-state index in [0.29, 0.717) is 52.1 Å². The van der Waals surface area contributed by atoms with Crippen LogP contribution in [0.4, 0.5) is 0 Å². The molecule has 1 atom stereocenters. The first-order chi connectivity index (χ1) is 34.5. The van der Waals surface area contributed by atoms with Crippen LogP contribution in [0.5, 0.6) is 5.75 Å². The third kappa shape index (κ3) is 28.1. The molecule has 0 saturated heterocycles. The number of aliphatic carboxylic acids is 3. The summed E-state index contributed by atoms with van der Waals surface area (Å²) in [6.45, 7) is 31.1. The molecule has 0 bridgehead atoms. The minimum Gasteiger partial charge on any atom is -0.508 e. The largest absolute Gasteiger partial charge is 0.508 e. The molecule has 4 rings (SSSR count). The monoisotopic (exact) mass is 1030 g/mol. The maximum atomic E-state index is 12.1. The Morgan fingerprint density at radius 2 is 1.21 bits per heavy atom. The number of esters is 1. The highest BCUT2D eigenvalue weighted by atomic mass is 16.5. The number of fused-ring (bicyclic) bond motifs is 1. The topological polar surface area (TPSA) is 275 Å². The lowest BCUT2D eigenvalue weighted by atomic mass is 9.75. The molecule has 0 unspecified atom stereocenters. The molecule has 2 aromatic rings. The summed E-state index contributed by atoms with van der Waals surface area (Å²) in [6, 6.07) is 11.4. The standard InChI is InChI=1S/C17H21NO5.C13H15NO4.C8H13NO3.C7H13NO4.4C2H4/c1-13(19)18(9-10-23-2)12-16(20)11-15-5-3-14(4-6-15)7-8-17(21)22;1-8(15)14-7-10-5-11(16)4-3-9(10)6-12(14)13(17)18-2;1-6(10)9(2)8(7(11)12)4-3-5-8;1-6(9)8(3-4-12-2)5-7(10)11;4*1-2/h3-8H,9-12H2,1-2H3,(H,21,22);3-5,12,16H,6-7H2,1-2H3;3-5H2,1-2H3,(H,11,12);3-5H2,1-2H3,(H,10,11);4*1-2H2/b8-7+;;;;;;;/t;12-;;;;;;/m.0....../s1. The van der Waals surface area contributed by atoms with Crippen molar-refractivity contribution in [2.24, 2.45) is 0 Å². The minimum atomic E-state index is -1.01. The van der Waals surface area contributed by atoms with Crippen molar-refractivity contribution >= 4 is 59.4 Å². The number of carbonyl (C=O) groups excluding carboxylic acids is 6. The van der Waals surface area contributed by atoms with Crippen molar-refractivity contribution in [1.82, 2.24) is 19.6 Å². The first-order valence-corrected chi connectivity index (χ1v) is 22.4. The maximum absolute atomic E-state index is 12.1. The molecule has 1 aliphatic heterocycles. The average molecular weight is 1030 g/mol. The van der Waals surface area contributed by atoms with Gasteiger partial charge in [0.1, 0.15) is 23.9 Å². The van der Waals surface area contributed by atoms with Crippen molar-refractivity contribution in [2.75, 3.05) is 67.8 Å². The number of rotatable bonds is 17. The van der Waals surface area contributed by atoms with Gasteiger partial charge in [-0.3, -0.25) is 28.8 Å². The van der Waals surface area contributed by atoms with Crippen LogP contribution in [0.25, 0.3) is 6.08 Å². The molecular formula is C53H78N4O16. The molecule has 20 nitrogen and oxygen atoms in total. The van der Waals surface area contributed by atoms with Crippen molar-refractivity contribution in [3.63, 3.8) is 0 Å². The molecule has 20 heteroatoms. The van der Waals surface area contributed by atoms with Crippen molar-refractivity contribution < 1.29 is 77.8 Å². The normalized spacial score (nSPS) is 12.8. The molecular weight excluding hydrogens is 949 g/mol. The smallest absolute Gasteiger partial charge is 0.329 e. The van der Waals surface area contributed by atoms with E-state index in [4.69, 9.17) is 29.5 Å². The fourth-order valence-electron chi connectivity index (χ4n) is 6.43. The van der Waals surface area contributed by atoms with Gasteiger partial charge >= 0.3 is 23.9 Å². The second-order valence-corrected chi connectivity index (χ2v) is 15.0. The fourth-order valence-corrected chi connectivity index (χ4v) is 6.43. The number of Topliss-reactive ketones (excluding diaryl/α,β-unsaturated/α-hetero) is 1. The third-order valence-corrected chi connectivity index (χ3v) is 10.4. The summed E-state index contributed by atoms with van der Waals surface area (Å²) in [4.78, 5) is 106. The molecule has 0 radical (unpaired) electrons. The van der Waals surface area contributed by atoms with Crippen LogP contribution in [-0.2, 0) is 76.7 Å². The van der Waals surface area contributed by atoms with Gasteiger partial charge in [0.2, 0.25) is 23.6 Å². The predicted octanol–water partition coefficient (Wildman–Crippen LogP) is 5.48. The minimum absolute atomic E-state index is 0.0549.